The van der Waals surface area contributed by atoms with Crippen LogP contribution >= 0.6 is 11.6 Å². The van der Waals surface area contributed by atoms with Crippen LogP contribution in [0.2, 0.25) is 5.02 Å². The van der Waals surface area contributed by atoms with Crippen molar-refractivity contribution in [3.63, 3.8) is 0 Å². The number of hydrazone groups is 1. The summed E-state index contributed by atoms with van der Waals surface area (Å²) < 4.78 is 5.99. The van der Waals surface area contributed by atoms with E-state index >= 15 is 0 Å². The number of amides is 1. The highest BCUT2D eigenvalue weighted by Crippen LogP contribution is 2.17. The molecule has 1 amide bonds. The maximum Gasteiger partial charge on any atom is 0.293 e. The molecule has 3 aromatic rings. The zero-order chi connectivity index (χ0) is 20.8. The Labute approximate surface area is 171 Å². The Morgan fingerprint density at radius 2 is 2.03 bits per heavy atom. The van der Waals surface area contributed by atoms with E-state index in [1.807, 2.05) is 13.8 Å². The average Bonchev–Trinajstić information content (AvgIpc) is 3.33. The van der Waals surface area contributed by atoms with Gasteiger partial charge in [0.15, 0.2) is 5.69 Å². The van der Waals surface area contributed by atoms with Crippen LogP contribution in [0.5, 0.6) is 0 Å². The first-order valence-corrected chi connectivity index (χ1v) is 9.25. The molecule has 0 aliphatic rings. The summed E-state index contributed by atoms with van der Waals surface area (Å²) in [5.74, 6) is -0.301. The Hall–Kier alpha value is -3.31. The van der Waals surface area contributed by atoms with Gasteiger partial charge in [-0.3, -0.25) is 9.69 Å². The zero-order valence-electron chi connectivity index (χ0n) is 15.9. The van der Waals surface area contributed by atoms with Crippen molar-refractivity contribution in [3.8, 4) is 5.82 Å². The lowest BCUT2D eigenvalue weighted by Gasteiger charge is -2.18. The molecule has 0 saturated carbocycles. The summed E-state index contributed by atoms with van der Waals surface area (Å²) in [5, 5.41) is 19.9. The molecule has 0 radical (unpaired) electrons. The topological polar surface area (TPSA) is 140 Å². The van der Waals surface area contributed by atoms with Crippen LogP contribution < -0.4 is 11.2 Å². The molecule has 2 aromatic heterocycles. The van der Waals surface area contributed by atoms with E-state index < -0.39 is 5.91 Å². The lowest BCUT2D eigenvalue weighted by atomic mass is 10.2. The van der Waals surface area contributed by atoms with Crippen LogP contribution in [0.1, 0.15) is 35.6 Å². The fraction of sp³-hybridized carbons (Fsp3) is 0.294. The number of rotatable bonds is 8. The summed E-state index contributed by atoms with van der Waals surface area (Å²) in [4.78, 5) is 14.8. The number of nitrogen functional groups attached to an aromatic ring is 1. The van der Waals surface area contributed by atoms with Crippen LogP contribution in [-0.4, -0.2) is 55.4 Å². The molecule has 0 unspecified atom stereocenters. The van der Waals surface area contributed by atoms with Gasteiger partial charge in [0.05, 0.1) is 11.9 Å². The maximum atomic E-state index is 12.7. The normalized spacial score (nSPS) is 11.4. The lowest BCUT2D eigenvalue weighted by molar-refractivity contribution is 0.0948. The zero-order valence-corrected chi connectivity index (χ0v) is 16.7. The number of hydrogen-bond donors (Lipinski definition) is 2. The first-order chi connectivity index (χ1) is 14.0. The highest BCUT2D eigenvalue weighted by Gasteiger charge is 2.24. The number of benzene rings is 1. The SMILES string of the molecule is CCN(CC)Cc1c(C(=O)NN=Cc2ccc(Cl)cc2)nnn1-c1nonc1N. The summed E-state index contributed by atoms with van der Waals surface area (Å²) in [6.07, 6.45) is 1.50. The number of halogens is 1. The van der Waals surface area contributed by atoms with Gasteiger partial charge in [-0.15, -0.1) is 5.10 Å². The van der Waals surface area contributed by atoms with Gasteiger partial charge in [0.1, 0.15) is 0 Å². The number of carbonyl (C=O) groups excluding carboxylic acids is 1. The third kappa shape index (κ3) is 4.76. The van der Waals surface area contributed by atoms with Gasteiger partial charge in [0.25, 0.3) is 5.91 Å². The van der Waals surface area contributed by atoms with Crippen molar-refractivity contribution in [3.05, 3.63) is 46.2 Å². The number of hydrogen-bond acceptors (Lipinski definition) is 9. The van der Waals surface area contributed by atoms with Crippen molar-refractivity contribution in [2.24, 2.45) is 5.10 Å². The summed E-state index contributed by atoms with van der Waals surface area (Å²) in [6.45, 7) is 5.96. The predicted octanol–water partition coefficient (Wildman–Crippen LogP) is 1.49. The largest absolute Gasteiger partial charge is 0.378 e. The lowest BCUT2D eigenvalue weighted by Crippen LogP contribution is -2.27. The molecule has 0 aliphatic carbocycles. The Kier molecular flexibility index (Phi) is 6.52. The Bertz CT molecular complexity index is 993. The van der Waals surface area contributed by atoms with E-state index in [1.54, 1.807) is 24.3 Å². The molecule has 11 nitrogen and oxygen atoms in total. The van der Waals surface area contributed by atoms with Crippen molar-refractivity contribution < 1.29 is 9.42 Å². The highest BCUT2D eigenvalue weighted by molar-refractivity contribution is 6.30. The number of nitrogens with zero attached hydrogens (tertiary/aromatic N) is 7. The van der Waals surface area contributed by atoms with Crippen LogP contribution in [0.25, 0.3) is 5.82 Å². The summed E-state index contributed by atoms with van der Waals surface area (Å²) >= 11 is 5.85. The van der Waals surface area contributed by atoms with Crippen molar-refractivity contribution in [1.82, 2.24) is 35.6 Å². The fourth-order valence-corrected chi connectivity index (χ4v) is 2.68. The quantitative estimate of drug-likeness (QED) is 0.415. The number of nitrogens with two attached hydrogens (primary N) is 1. The molecule has 152 valence electrons. The standard InChI is InChI=1S/C17H20ClN9O2/c1-3-26(4-2)10-13-14(21-25-27(13)16-15(19)23-29-24-16)17(28)22-20-9-11-5-7-12(18)8-6-11/h5-9H,3-4,10H2,1-2H3,(H2,19,23)(H,22,28). The molecule has 2 heterocycles. The molecule has 3 rings (SSSR count). The molecule has 12 heteroatoms. The fourth-order valence-electron chi connectivity index (χ4n) is 2.55. The maximum absolute atomic E-state index is 12.7. The van der Waals surface area contributed by atoms with Gasteiger partial charge in [-0.25, -0.2) is 10.1 Å². The summed E-state index contributed by atoms with van der Waals surface area (Å²) in [5.41, 5.74) is 9.61. The van der Waals surface area contributed by atoms with E-state index in [1.165, 1.54) is 10.9 Å². The second-order valence-electron chi connectivity index (χ2n) is 5.98. The number of nitrogens with one attached hydrogen (secondary N) is 1. The van der Waals surface area contributed by atoms with Crippen molar-refractivity contribution in [2.75, 3.05) is 18.8 Å². The summed E-state index contributed by atoms with van der Waals surface area (Å²) in [6, 6.07) is 7.02. The first-order valence-electron chi connectivity index (χ1n) is 8.87. The first kappa shape index (κ1) is 20.4. The van der Waals surface area contributed by atoms with Gasteiger partial charge in [0.2, 0.25) is 11.6 Å². The van der Waals surface area contributed by atoms with Gasteiger partial charge in [-0.1, -0.05) is 42.8 Å². The van der Waals surface area contributed by atoms with Gasteiger partial charge >= 0.3 is 0 Å². The van der Waals surface area contributed by atoms with Crippen LogP contribution in [0.15, 0.2) is 34.0 Å². The molecule has 0 bridgehead atoms. The minimum Gasteiger partial charge on any atom is -0.378 e. The molecule has 3 N–H and O–H groups in total. The Morgan fingerprint density at radius 1 is 1.31 bits per heavy atom. The van der Waals surface area contributed by atoms with Crippen molar-refractivity contribution >= 4 is 29.5 Å². The van der Waals surface area contributed by atoms with Crippen LogP contribution in [0.3, 0.4) is 0 Å². The molecule has 0 spiro atoms. The molecule has 0 aliphatic heterocycles. The van der Waals surface area contributed by atoms with Gasteiger partial charge in [-0.05, 0) is 41.1 Å². The molecule has 0 atom stereocenters. The van der Waals surface area contributed by atoms with E-state index in [-0.39, 0.29) is 17.3 Å². The van der Waals surface area contributed by atoms with E-state index in [2.05, 4.69) is 40.7 Å². The molecule has 1 aromatic carbocycles. The second kappa shape index (κ2) is 9.26. The van der Waals surface area contributed by atoms with Crippen molar-refractivity contribution in [1.29, 1.82) is 0 Å². The second-order valence-corrected chi connectivity index (χ2v) is 6.42. The van der Waals surface area contributed by atoms with Gasteiger partial charge < -0.3 is 5.73 Å². The molecule has 0 fully saturated rings. The number of carbonyl (C=O) groups is 1. The van der Waals surface area contributed by atoms with E-state index in [0.717, 1.165) is 18.7 Å². The molecular formula is C17H20ClN9O2. The van der Waals surface area contributed by atoms with Crippen LogP contribution in [0, 0.1) is 0 Å². The molecule has 29 heavy (non-hydrogen) atoms. The van der Waals surface area contributed by atoms with Crippen molar-refractivity contribution in [2.45, 2.75) is 20.4 Å². The monoisotopic (exact) mass is 417 g/mol. The average molecular weight is 418 g/mol. The highest BCUT2D eigenvalue weighted by atomic mass is 35.5. The number of anilines is 1. The summed E-state index contributed by atoms with van der Waals surface area (Å²) in [7, 11) is 0. The third-order valence-electron chi connectivity index (χ3n) is 4.19. The molecule has 0 saturated heterocycles. The van der Waals surface area contributed by atoms with E-state index in [0.29, 0.717) is 17.3 Å². The van der Waals surface area contributed by atoms with Gasteiger partial charge in [0, 0.05) is 11.6 Å². The van der Waals surface area contributed by atoms with E-state index in [9.17, 15) is 4.79 Å². The van der Waals surface area contributed by atoms with E-state index in [4.69, 9.17) is 17.3 Å². The Balaban J connectivity index is 1.85. The molecular weight excluding hydrogens is 398 g/mol. The number of aromatic nitrogens is 5. The minimum absolute atomic E-state index is 0.0448. The van der Waals surface area contributed by atoms with Crippen LogP contribution in [-0.2, 0) is 6.54 Å². The Morgan fingerprint density at radius 3 is 2.66 bits per heavy atom. The smallest absolute Gasteiger partial charge is 0.293 e. The van der Waals surface area contributed by atoms with Gasteiger partial charge in [-0.2, -0.15) is 9.78 Å². The third-order valence-corrected chi connectivity index (χ3v) is 4.44. The van der Waals surface area contributed by atoms with Crippen LogP contribution in [0.4, 0.5) is 5.82 Å². The predicted molar refractivity (Wildman–Crippen MR) is 107 cm³/mol. The minimum atomic E-state index is -0.515.